The fourth-order valence-corrected chi connectivity index (χ4v) is 10.8. The van der Waals surface area contributed by atoms with Gasteiger partial charge in [-0.15, -0.1) is 0 Å². The summed E-state index contributed by atoms with van der Waals surface area (Å²) >= 11 is 0. The number of amides is 2. The molecule has 0 spiro atoms. The van der Waals surface area contributed by atoms with Crippen LogP contribution < -0.4 is 10.6 Å². The Morgan fingerprint density at radius 2 is 0.909 bits per heavy atom. The van der Waals surface area contributed by atoms with Gasteiger partial charge in [-0.05, 0) is 18.8 Å². The fourth-order valence-electron chi connectivity index (χ4n) is 10.8. The Morgan fingerprint density at radius 3 is 1.32 bits per heavy atom. The lowest BCUT2D eigenvalue weighted by Crippen LogP contribution is -2.67. The molecule has 77 heavy (non-hydrogen) atoms. The van der Waals surface area contributed by atoms with Crippen LogP contribution in [-0.4, -0.2) is 163 Å². The normalized spacial score (nSPS) is 25.4. The summed E-state index contributed by atoms with van der Waals surface area (Å²) in [6.07, 6.45) is 23.0. The van der Waals surface area contributed by atoms with E-state index in [9.17, 15) is 55.5 Å². The Morgan fingerprint density at radius 1 is 0.506 bits per heavy atom. The van der Waals surface area contributed by atoms with Gasteiger partial charge >= 0.3 is 0 Å². The first kappa shape index (κ1) is 71.5. The van der Waals surface area contributed by atoms with Crippen molar-refractivity contribution in [3.05, 3.63) is 0 Å². The number of hydrogen-bond acceptors (Lipinski definition) is 15. The molecule has 0 aromatic heterocycles. The monoisotopic (exact) mass is 1100 g/mol. The molecule has 2 heterocycles. The van der Waals surface area contributed by atoms with Gasteiger partial charge in [0.15, 0.2) is 12.6 Å². The van der Waals surface area contributed by atoms with Gasteiger partial charge < -0.3 is 75.5 Å². The van der Waals surface area contributed by atoms with E-state index in [4.69, 9.17) is 18.9 Å². The lowest BCUT2D eigenvalue weighted by Gasteiger charge is -2.47. The third kappa shape index (κ3) is 31.4. The Labute approximate surface area is 465 Å². The van der Waals surface area contributed by atoms with Crippen molar-refractivity contribution in [3.63, 3.8) is 0 Å². The molecule has 17 heteroatoms. The second kappa shape index (κ2) is 45.0. The smallest absolute Gasteiger partial charge is 0.249 e. The fraction of sp³-hybridized carbons (Fsp3) is 0.967. The van der Waals surface area contributed by atoms with Crippen molar-refractivity contribution in [1.29, 1.82) is 0 Å². The van der Waals surface area contributed by atoms with Crippen LogP contribution in [0.1, 0.15) is 259 Å². The van der Waals surface area contributed by atoms with Crippen molar-refractivity contribution in [3.8, 4) is 0 Å². The number of aliphatic hydroxyl groups is 9. The first-order valence-electron chi connectivity index (χ1n) is 31.3. The molecular weight excluding hydrogens is 989 g/mol. The van der Waals surface area contributed by atoms with Crippen LogP contribution in [0.15, 0.2) is 0 Å². The Balaban J connectivity index is 1.87. The molecule has 0 bridgehead atoms. The molecule has 17 nitrogen and oxygen atoms in total. The van der Waals surface area contributed by atoms with E-state index in [0.29, 0.717) is 12.8 Å². The number of unbranched alkanes of at least 4 members (excludes halogenated alkanes) is 31. The molecule has 0 aromatic rings. The molecule has 2 aliphatic heterocycles. The zero-order valence-corrected chi connectivity index (χ0v) is 48.7. The largest absolute Gasteiger partial charge is 0.394 e. The van der Waals surface area contributed by atoms with Crippen LogP contribution in [0, 0.1) is 5.92 Å². The third-order valence-corrected chi connectivity index (χ3v) is 15.9. The van der Waals surface area contributed by atoms with E-state index < -0.39 is 117 Å². The predicted octanol–water partition coefficient (Wildman–Crippen LogP) is 8.06. The summed E-state index contributed by atoms with van der Waals surface area (Å²) < 4.78 is 23.2. The molecule has 0 radical (unpaired) electrons. The van der Waals surface area contributed by atoms with Gasteiger partial charge in [0.25, 0.3) is 0 Å². The van der Waals surface area contributed by atoms with E-state index in [-0.39, 0.29) is 12.8 Å². The third-order valence-electron chi connectivity index (χ3n) is 15.9. The van der Waals surface area contributed by atoms with E-state index in [0.717, 1.165) is 57.8 Å². The zero-order chi connectivity index (χ0) is 56.6. The minimum atomic E-state index is -1.86. The van der Waals surface area contributed by atoms with Gasteiger partial charge in [0, 0.05) is 6.92 Å². The van der Waals surface area contributed by atoms with Crippen molar-refractivity contribution in [2.45, 2.75) is 345 Å². The first-order valence-corrected chi connectivity index (χ1v) is 31.3. The molecule has 0 saturated carbocycles. The van der Waals surface area contributed by atoms with Crippen molar-refractivity contribution < 1.29 is 74.5 Å². The zero-order valence-electron chi connectivity index (χ0n) is 48.7. The van der Waals surface area contributed by atoms with Gasteiger partial charge in [-0.2, -0.15) is 0 Å². The van der Waals surface area contributed by atoms with Crippen molar-refractivity contribution >= 4 is 11.8 Å². The van der Waals surface area contributed by atoms with E-state index in [1.807, 2.05) is 0 Å². The summed E-state index contributed by atoms with van der Waals surface area (Å²) in [6, 6.07) is -2.67. The van der Waals surface area contributed by atoms with E-state index in [2.05, 4.69) is 31.4 Å². The molecule has 2 aliphatic rings. The van der Waals surface area contributed by atoms with E-state index >= 15 is 0 Å². The van der Waals surface area contributed by atoms with Crippen LogP contribution in [0.3, 0.4) is 0 Å². The van der Waals surface area contributed by atoms with Gasteiger partial charge in [-0.1, -0.05) is 239 Å². The SMILES string of the molecule is CCCCCCCCCCCCCCCCCCCCCCC[C@@H](O)C(=O)N[C@@H](CO[C@H]1O[C@H](CO)[C@H](O[C@H]2O[C@H](CO)[C@@H](O)[C@H](O)[C@H]2NC(C)=O)[C@H](O)[C@H]1O)[C@H](O)[C@H](O)CCCCCCCCCCCCCCC(C)C. The highest BCUT2D eigenvalue weighted by molar-refractivity contribution is 5.80. The Hall–Kier alpha value is -1.58. The maximum absolute atomic E-state index is 13.4. The molecule has 0 unspecified atom stereocenters. The van der Waals surface area contributed by atoms with Gasteiger partial charge in [0.2, 0.25) is 11.8 Å². The summed E-state index contributed by atoms with van der Waals surface area (Å²) in [6.45, 7) is 5.92. The number of ether oxygens (including phenoxy) is 4. The van der Waals surface area contributed by atoms with E-state index in [1.54, 1.807) is 0 Å². The highest BCUT2D eigenvalue weighted by Crippen LogP contribution is 2.30. The standard InChI is InChI=1S/C60H116N2O15/c1-5-6-7-8-9-10-11-12-13-14-15-16-17-18-19-20-25-28-31-34-37-40-48(67)58(73)62-46(52(68)47(66)39-36-33-30-27-24-22-21-23-26-29-32-35-38-44(2)3)43-74-60-56(72)55(71)57(50(42-64)76-60)77-59-51(61-45(4)65)54(70)53(69)49(41-63)75-59/h44,46-57,59-60,63-64,66-72H,5-43H2,1-4H3,(H,61,65)(H,62,73)/t46-,47+,48+,49+,50+,51+,52-,53+,54+,55+,56+,57-,59+,60-/m0/s1. The molecule has 2 amide bonds. The second-order valence-corrected chi connectivity index (χ2v) is 23.3. The number of carbonyl (C=O) groups is 2. The Bertz CT molecular complexity index is 1420. The summed E-state index contributed by atoms with van der Waals surface area (Å²) in [4.78, 5) is 25.4. The number of nitrogens with one attached hydrogen (secondary N) is 2. The lowest BCUT2D eigenvalue weighted by atomic mass is 9.95. The molecule has 2 rings (SSSR count). The number of carbonyl (C=O) groups excluding carboxylic acids is 2. The molecule has 2 fully saturated rings. The van der Waals surface area contributed by atoms with Crippen molar-refractivity contribution in [2.24, 2.45) is 5.92 Å². The van der Waals surface area contributed by atoms with Gasteiger partial charge in [-0.3, -0.25) is 9.59 Å². The average molecular weight is 1110 g/mol. The molecule has 456 valence electrons. The first-order chi connectivity index (χ1) is 37.2. The van der Waals surface area contributed by atoms with Gasteiger partial charge in [0.05, 0.1) is 32.0 Å². The van der Waals surface area contributed by atoms with Crippen LogP contribution in [0.25, 0.3) is 0 Å². The summed E-state index contributed by atoms with van der Waals surface area (Å²) in [5, 5.41) is 103. The molecule has 2 saturated heterocycles. The molecule has 11 N–H and O–H groups in total. The highest BCUT2D eigenvalue weighted by atomic mass is 16.7. The molecular formula is C60H116N2O15. The van der Waals surface area contributed by atoms with Crippen LogP contribution >= 0.6 is 0 Å². The predicted molar refractivity (Wildman–Crippen MR) is 301 cm³/mol. The minimum Gasteiger partial charge on any atom is -0.394 e. The minimum absolute atomic E-state index is 0.203. The van der Waals surface area contributed by atoms with Crippen LogP contribution in [0.5, 0.6) is 0 Å². The van der Waals surface area contributed by atoms with Crippen LogP contribution in [0.4, 0.5) is 0 Å². The van der Waals surface area contributed by atoms with Crippen LogP contribution in [-0.2, 0) is 28.5 Å². The highest BCUT2D eigenvalue weighted by Gasteiger charge is 2.51. The lowest BCUT2D eigenvalue weighted by molar-refractivity contribution is -0.347. The van der Waals surface area contributed by atoms with Gasteiger partial charge in [-0.25, -0.2) is 0 Å². The molecule has 14 atom stereocenters. The number of hydrogen-bond donors (Lipinski definition) is 11. The Kier molecular flexibility index (Phi) is 41.8. The molecule has 0 aromatic carbocycles. The molecule has 0 aliphatic carbocycles. The summed E-state index contributed by atoms with van der Waals surface area (Å²) in [7, 11) is 0. The second-order valence-electron chi connectivity index (χ2n) is 23.3. The topological polar surface area (TPSA) is 277 Å². The maximum atomic E-state index is 13.4. The maximum Gasteiger partial charge on any atom is 0.249 e. The quantitative estimate of drug-likeness (QED) is 0.0257. The average Bonchev–Trinajstić information content (AvgIpc) is 3.41. The van der Waals surface area contributed by atoms with Crippen molar-refractivity contribution in [2.75, 3.05) is 19.8 Å². The van der Waals surface area contributed by atoms with E-state index in [1.165, 1.54) is 161 Å². The summed E-state index contributed by atoms with van der Waals surface area (Å²) in [5.74, 6) is -0.599. The number of rotatable bonds is 49. The van der Waals surface area contributed by atoms with Crippen LogP contribution in [0.2, 0.25) is 0 Å². The summed E-state index contributed by atoms with van der Waals surface area (Å²) in [5.41, 5.74) is 0. The van der Waals surface area contributed by atoms with Gasteiger partial charge in [0.1, 0.15) is 61.0 Å². The van der Waals surface area contributed by atoms with Crippen molar-refractivity contribution in [1.82, 2.24) is 10.6 Å². The number of aliphatic hydroxyl groups excluding tert-OH is 9.